The van der Waals surface area contributed by atoms with Gasteiger partial charge in [0.15, 0.2) is 0 Å². The van der Waals surface area contributed by atoms with E-state index >= 15 is 0 Å². The molecular formula is C18H23F2N5O. The Balaban J connectivity index is 1.54. The molecule has 6 nitrogen and oxygen atoms in total. The summed E-state index contributed by atoms with van der Waals surface area (Å²) in [6, 6.07) is 3.78. The van der Waals surface area contributed by atoms with Gasteiger partial charge in [-0.15, -0.1) is 0 Å². The number of hydrogen-bond donors (Lipinski definition) is 2. The zero-order valence-electron chi connectivity index (χ0n) is 14.7. The van der Waals surface area contributed by atoms with Gasteiger partial charge in [-0.3, -0.25) is 9.69 Å². The Morgan fingerprint density at radius 2 is 2.15 bits per heavy atom. The summed E-state index contributed by atoms with van der Waals surface area (Å²) in [6.45, 7) is 2.66. The zero-order valence-corrected chi connectivity index (χ0v) is 14.7. The fourth-order valence-corrected chi connectivity index (χ4v) is 3.23. The first-order valence-corrected chi connectivity index (χ1v) is 8.68. The first kappa shape index (κ1) is 18.5. The fourth-order valence-electron chi connectivity index (χ4n) is 3.23. The van der Waals surface area contributed by atoms with Crippen molar-refractivity contribution in [3.8, 4) is 0 Å². The minimum Gasteiger partial charge on any atom is -0.355 e. The van der Waals surface area contributed by atoms with Crippen LogP contribution in [0.25, 0.3) is 0 Å². The van der Waals surface area contributed by atoms with Crippen LogP contribution < -0.4 is 10.6 Å². The zero-order chi connectivity index (χ0) is 18.5. The van der Waals surface area contributed by atoms with Crippen LogP contribution in [0.1, 0.15) is 17.4 Å². The summed E-state index contributed by atoms with van der Waals surface area (Å²) >= 11 is 0. The summed E-state index contributed by atoms with van der Waals surface area (Å²) in [6.07, 6.45) is 3.74. The third-order valence-corrected chi connectivity index (χ3v) is 4.62. The van der Waals surface area contributed by atoms with Gasteiger partial charge in [-0.05, 0) is 18.6 Å². The highest BCUT2D eigenvalue weighted by molar-refractivity contribution is 5.78. The van der Waals surface area contributed by atoms with Crippen LogP contribution in [0.15, 0.2) is 30.6 Å². The summed E-state index contributed by atoms with van der Waals surface area (Å²) in [4.78, 5) is 18.7. The number of imidazole rings is 1. The Hall–Kier alpha value is -2.32. The van der Waals surface area contributed by atoms with Gasteiger partial charge in [-0.25, -0.2) is 13.8 Å². The van der Waals surface area contributed by atoms with Crippen LogP contribution in [0.2, 0.25) is 0 Å². The lowest BCUT2D eigenvalue weighted by Gasteiger charge is -2.35. The standard InChI is InChI=1S/C18H23F2N5O/c1-24-9-8-23-18(24)16-11-21-7-10-25(16)12-17(26)22-6-5-13-14(19)3-2-4-15(13)20/h2-4,8-9,16,21H,5-7,10-12H2,1H3,(H,22,26). The lowest BCUT2D eigenvalue weighted by atomic mass is 10.1. The number of nitrogens with zero attached hydrogens (tertiary/aromatic N) is 3. The summed E-state index contributed by atoms with van der Waals surface area (Å²) in [5.74, 6) is -0.436. The van der Waals surface area contributed by atoms with Crippen molar-refractivity contribution in [3.05, 3.63) is 53.6 Å². The van der Waals surface area contributed by atoms with Crippen LogP contribution in [0.4, 0.5) is 8.78 Å². The number of aryl methyl sites for hydroxylation is 1. The van der Waals surface area contributed by atoms with Gasteiger partial charge in [0.2, 0.25) is 5.91 Å². The molecule has 0 spiro atoms. The average molecular weight is 363 g/mol. The van der Waals surface area contributed by atoms with Crippen molar-refractivity contribution in [3.63, 3.8) is 0 Å². The molecule has 1 fully saturated rings. The second-order valence-electron chi connectivity index (χ2n) is 6.39. The maximum absolute atomic E-state index is 13.6. The number of amides is 1. The van der Waals surface area contributed by atoms with Crippen LogP contribution in [0, 0.1) is 11.6 Å². The Bertz CT molecular complexity index is 744. The van der Waals surface area contributed by atoms with Gasteiger partial charge in [0, 0.05) is 51.2 Å². The van der Waals surface area contributed by atoms with Gasteiger partial charge in [-0.2, -0.15) is 0 Å². The summed E-state index contributed by atoms with van der Waals surface area (Å²) in [7, 11) is 1.93. The molecule has 3 rings (SSSR count). The molecule has 0 saturated carbocycles. The van der Waals surface area contributed by atoms with Crippen molar-refractivity contribution < 1.29 is 13.6 Å². The van der Waals surface area contributed by atoms with Gasteiger partial charge in [-0.1, -0.05) is 6.07 Å². The molecule has 2 aromatic rings. The number of carbonyl (C=O) groups excluding carboxylic acids is 1. The van der Waals surface area contributed by atoms with E-state index < -0.39 is 11.6 Å². The summed E-state index contributed by atoms with van der Waals surface area (Å²) in [5, 5.41) is 6.07. The Kier molecular flexibility index (Phi) is 5.95. The molecule has 1 aliphatic heterocycles. The lowest BCUT2D eigenvalue weighted by molar-refractivity contribution is -0.123. The third-order valence-electron chi connectivity index (χ3n) is 4.62. The first-order valence-electron chi connectivity index (χ1n) is 8.68. The molecule has 1 amide bonds. The summed E-state index contributed by atoms with van der Waals surface area (Å²) in [5.41, 5.74) is 0.000796. The van der Waals surface area contributed by atoms with Gasteiger partial charge in [0.25, 0.3) is 0 Å². The van der Waals surface area contributed by atoms with E-state index in [2.05, 4.69) is 20.5 Å². The molecule has 1 aromatic carbocycles. The molecule has 1 unspecified atom stereocenters. The molecule has 8 heteroatoms. The van der Waals surface area contributed by atoms with E-state index in [4.69, 9.17) is 0 Å². The minimum atomic E-state index is -0.587. The average Bonchev–Trinajstić information content (AvgIpc) is 3.04. The molecule has 1 aromatic heterocycles. The van der Waals surface area contributed by atoms with Gasteiger partial charge < -0.3 is 15.2 Å². The number of halogens is 2. The van der Waals surface area contributed by atoms with Crippen LogP contribution >= 0.6 is 0 Å². The number of hydrogen-bond acceptors (Lipinski definition) is 4. The van der Waals surface area contributed by atoms with Crippen molar-refractivity contribution in [1.82, 2.24) is 25.1 Å². The molecular weight excluding hydrogens is 340 g/mol. The maximum Gasteiger partial charge on any atom is 0.234 e. The van der Waals surface area contributed by atoms with Crippen molar-refractivity contribution in [2.75, 3.05) is 32.7 Å². The number of piperazine rings is 1. The van der Waals surface area contributed by atoms with Crippen LogP contribution in [-0.2, 0) is 18.3 Å². The van der Waals surface area contributed by atoms with E-state index in [-0.39, 0.29) is 37.0 Å². The number of rotatable bonds is 6. The highest BCUT2D eigenvalue weighted by atomic mass is 19.1. The third kappa shape index (κ3) is 4.25. The van der Waals surface area contributed by atoms with E-state index in [0.717, 1.165) is 25.5 Å². The van der Waals surface area contributed by atoms with Crippen molar-refractivity contribution in [2.24, 2.45) is 7.05 Å². The SMILES string of the molecule is Cn1ccnc1C1CNCCN1CC(=O)NCCc1c(F)cccc1F. The molecule has 26 heavy (non-hydrogen) atoms. The highest BCUT2D eigenvalue weighted by Gasteiger charge is 2.28. The van der Waals surface area contributed by atoms with Gasteiger partial charge >= 0.3 is 0 Å². The minimum absolute atomic E-state index is 0.000796. The molecule has 1 atom stereocenters. The second kappa shape index (κ2) is 8.37. The summed E-state index contributed by atoms with van der Waals surface area (Å²) < 4.78 is 29.2. The lowest BCUT2D eigenvalue weighted by Crippen LogP contribution is -2.50. The Morgan fingerprint density at radius 3 is 2.85 bits per heavy atom. The largest absolute Gasteiger partial charge is 0.355 e. The van der Waals surface area contributed by atoms with Crippen LogP contribution in [-0.4, -0.2) is 53.1 Å². The molecule has 140 valence electrons. The quantitative estimate of drug-likeness (QED) is 0.804. The van der Waals surface area contributed by atoms with E-state index in [1.807, 2.05) is 17.8 Å². The predicted molar refractivity (Wildman–Crippen MR) is 93.5 cm³/mol. The fraction of sp³-hybridized carbons (Fsp3) is 0.444. The Morgan fingerprint density at radius 1 is 1.38 bits per heavy atom. The predicted octanol–water partition coefficient (Wildman–Crippen LogP) is 1.00. The van der Waals surface area contributed by atoms with E-state index in [1.165, 1.54) is 18.2 Å². The normalized spacial score (nSPS) is 18.0. The van der Waals surface area contributed by atoms with Gasteiger partial charge in [0.1, 0.15) is 17.5 Å². The van der Waals surface area contributed by atoms with E-state index in [0.29, 0.717) is 0 Å². The molecule has 1 aliphatic rings. The van der Waals surface area contributed by atoms with Crippen LogP contribution in [0.3, 0.4) is 0 Å². The topological polar surface area (TPSA) is 62.2 Å². The van der Waals surface area contributed by atoms with E-state index in [9.17, 15) is 13.6 Å². The molecule has 2 N–H and O–H groups in total. The number of carbonyl (C=O) groups is 1. The molecule has 0 aliphatic carbocycles. The van der Waals surface area contributed by atoms with Gasteiger partial charge in [0.05, 0.1) is 12.6 Å². The smallest absolute Gasteiger partial charge is 0.234 e. The molecule has 1 saturated heterocycles. The molecule has 2 heterocycles. The maximum atomic E-state index is 13.6. The van der Waals surface area contributed by atoms with Crippen LogP contribution in [0.5, 0.6) is 0 Å². The monoisotopic (exact) mass is 363 g/mol. The number of nitrogens with one attached hydrogen (secondary N) is 2. The van der Waals surface area contributed by atoms with E-state index in [1.54, 1.807) is 6.20 Å². The highest BCUT2D eigenvalue weighted by Crippen LogP contribution is 2.19. The molecule has 0 bridgehead atoms. The second-order valence-corrected chi connectivity index (χ2v) is 6.39. The van der Waals surface area contributed by atoms with Crippen molar-refractivity contribution in [1.29, 1.82) is 0 Å². The van der Waals surface area contributed by atoms with Crippen molar-refractivity contribution >= 4 is 5.91 Å². The number of benzene rings is 1. The number of aromatic nitrogens is 2. The Labute approximate surface area is 151 Å². The first-order chi connectivity index (χ1) is 12.6. The van der Waals surface area contributed by atoms with Crippen molar-refractivity contribution in [2.45, 2.75) is 12.5 Å². The molecule has 0 radical (unpaired) electrons.